The van der Waals surface area contributed by atoms with Crippen molar-refractivity contribution in [1.82, 2.24) is 10.2 Å². The molecule has 31 heavy (non-hydrogen) atoms. The number of fused-ring (bicyclic) bond motifs is 1. The SMILES string of the molecule is O=C(CN1C(=O)/C(=C\c2cccc(Br)c2)SC2CCCCC21)NCCc1ccccc1. The molecule has 1 heterocycles. The van der Waals surface area contributed by atoms with E-state index in [2.05, 4.69) is 33.4 Å². The maximum Gasteiger partial charge on any atom is 0.261 e. The van der Waals surface area contributed by atoms with E-state index in [1.807, 2.05) is 53.4 Å². The van der Waals surface area contributed by atoms with Gasteiger partial charge in [-0.3, -0.25) is 9.59 Å². The number of hydrogen-bond acceptors (Lipinski definition) is 3. The second-order valence-electron chi connectivity index (χ2n) is 8.09. The molecule has 2 unspecified atom stereocenters. The molecular formula is C25H27BrN2O2S. The standard InChI is InChI=1S/C25H27BrN2O2S/c26-20-10-6-9-19(15-20)16-23-25(30)28(21-11-4-5-12-22(21)31-23)17-24(29)27-14-13-18-7-2-1-3-8-18/h1-3,6-10,15-16,21-22H,4-5,11-14,17H2,(H,27,29)/b23-16+. The fraction of sp³-hybridized carbons (Fsp3) is 0.360. The number of hydrogen-bond donors (Lipinski definition) is 1. The maximum atomic E-state index is 13.3. The smallest absolute Gasteiger partial charge is 0.261 e. The number of halogens is 1. The molecule has 6 heteroatoms. The Labute approximate surface area is 196 Å². The lowest BCUT2D eigenvalue weighted by Crippen LogP contribution is -2.54. The highest BCUT2D eigenvalue weighted by molar-refractivity contribution is 9.10. The van der Waals surface area contributed by atoms with E-state index < -0.39 is 0 Å². The third kappa shape index (κ3) is 5.80. The first kappa shape index (κ1) is 22.2. The molecule has 4 nitrogen and oxygen atoms in total. The van der Waals surface area contributed by atoms with Gasteiger partial charge in [-0.2, -0.15) is 0 Å². The lowest BCUT2D eigenvalue weighted by molar-refractivity contribution is -0.135. The van der Waals surface area contributed by atoms with Crippen molar-refractivity contribution in [3.8, 4) is 0 Å². The highest BCUT2D eigenvalue weighted by atomic mass is 79.9. The predicted molar refractivity (Wildman–Crippen MR) is 131 cm³/mol. The molecule has 1 aliphatic heterocycles. The van der Waals surface area contributed by atoms with Gasteiger partial charge in [0.1, 0.15) is 6.54 Å². The maximum absolute atomic E-state index is 13.3. The topological polar surface area (TPSA) is 49.4 Å². The molecule has 0 spiro atoms. The van der Waals surface area contributed by atoms with E-state index >= 15 is 0 Å². The first-order chi connectivity index (χ1) is 15.1. The zero-order chi connectivity index (χ0) is 21.6. The van der Waals surface area contributed by atoms with E-state index in [4.69, 9.17) is 0 Å². The van der Waals surface area contributed by atoms with E-state index in [1.165, 1.54) is 12.0 Å². The van der Waals surface area contributed by atoms with E-state index in [1.54, 1.807) is 11.8 Å². The van der Waals surface area contributed by atoms with Crippen LogP contribution in [0.4, 0.5) is 0 Å². The summed E-state index contributed by atoms with van der Waals surface area (Å²) in [5.74, 6) is -0.103. The Balaban J connectivity index is 1.44. The third-order valence-electron chi connectivity index (χ3n) is 5.86. The predicted octanol–water partition coefficient (Wildman–Crippen LogP) is 5.04. The van der Waals surface area contributed by atoms with Gasteiger partial charge in [-0.25, -0.2) is 0 Å². The van der Waals surface area contributed by atoms with Gasteiger partial charge in [0.2, 0.25) is 5.91 Å². The Bertz CT molecular complexity index is 963. The summed E-state index contributed by atoms with van der Waals surface area (Å²) in [6.45, 7) is 0.708. The van der Waals surface area contributed by atoms with Gasteiger partial charge in [0.25, 0.3) is 5.91 Å². The van der Waals surface area contributed by atoms with Crippen LogP contribution in [-0.4, -0.2) is 41.1 Å². The molecule has 2 aromatic carbocycles. The van der Waals surface area contributed by atoms with Crippen LogP contribution in [0.15, 0.2) is 64.0 Å². The second-order valence-corrected chi connectivity index (χ2v) is 10.3. The van der Waals surface area contributed by atoms with E-state index in [9.17, 15) is 9.59 Å². The Morgan fingerprint density at radius 2 is 1.94 bits per heavy atom. The minimum absolute atomic E-state index is 0.0219. The van der Waals surface area contributed by atoms with Crippen molar-refractivity contribution in [3.63, 3.8) is 0 Å². The molecule has 2 amide bonds. The zero-order valence-electron chi connectivity index (χ0n) is 17.4. The van der Waals surface area contributed by atoms with Crippen LogP contribution in [0.3, 0.4) is 0 Å². The van der Waals surface area contributed by atoms with Gasteiger partial charge in [-0.05, 0) is 48.6 Å². The van der Waals surface area contributed by atoms with Crippen LogP contribution in [0, 0.1) is 0 Å². The van der Waals surface area contributed by atoms with Crippen LogP contribution < -0.4 is 5.32 Å². The lowest BCUT2D eigenvalue weighted by Gasteiger charge is -2.43. The summed E-state index contributed by atoms with van der Waals surface area (Å²) >= 11 is 5.19. The molecule has 2 fully saturated rings. The molecule has 0 radical (unpaired) electrons. The average Bonchev–Trinajstić information content (AvgIpc) is 2.77. The summed E-state index contributed by atoms with van der Waals surface area (Å²) < 4.78 is 0.986. The summed E-state index contributed by atoms with van der Waals surface area (Å²) in [5.41, 5.74) is 2.19. The van der Waals surface area contributed by atoms with Gasteiger partial charge in [0.05, 0.1) is 4.91 Å². The van der Waals surface area contributed by atoms with Crippen LogP contribution in [0.25, 0.3) is 6.08 Å². The van der Waals surface area contributed by atoms with Crippen molar-refractivity contribution in [2.75, 3.05) is 13.1 Å². The van der Waals surface area contributed by atoms with Gasteiger partial charge in [-0.15, -0.1) is 11.8 Å². The van der Waals surface area contributed by atoms with Crippen LogP contribution in [0.2, 0.25) is 0 Å². The molecule has 0 aromatic heterocycles. The zero-order valence-corrected chi connectivity index (χ0v) is 19.8. The summed E-state index contributed by atoms with van der Waals surface area (Å²) in [6, 6.07) is 18.2. The minimum atomic E-state index is -0.0812. The third-order valence-corrected chi connectivity index (χ3v) is 7.75. The molecule has 4 rings (SSSR count). The molecular weight excluding hydrogens is 472 g/mol. The second kappa shape index (κ2) is 10.5. The number of thioether (sulfide) groups is 1. The molecule has 1 aliphatic carbocycles. The first-order valence-electron chi connectivity index (χ1n) is 10.9. The molecule has 1 N–H and O–H groups in total. The molecule has 1 saturated carbocycles. The van der Waals surface area contributed by atoms with Gasteiger partial charge in [-0.1, -0.05) is 71.2 Å². The summed E-state index contributed by atoms with van der Waals surface area (Å²) in [6.07, 6.45) is 7.12. The number of carbonyl (C=O) groups excluding carboxylic acids is 2. The lowest BCUT2D eigenvalue weighted by atomic mass is 9.93. The Morgan fingerprint density at radius 3 is 2.74 bits per heavy atom. The van der Waals surface area contributed by atoms with Gasteiger partial charge in [0, 0.05) is 22.3 Å². The Hall–Kier alpha value is -2.05. The minimum Gasteiger partial charge on any atom is -0.354 e. The molecule has 0 bridgehead atoms. The van der Waals surface area contributed by atoms with E-state index in [-0.39, 0.29) is 24.4 Å². The first-order valence-corrected chi connectivity index (χ1v) is 12.5. The highest BCUT2D eigenvalue weighted by Gasteiger charge is 2.41. The van der Waals surface area contributed by atoms with Crippen molar-refractivity contribution in [1.29, 1.82) is 0 Å². The highest BCUT2D eigenvalue weighted by Crippen LogP contribution is 2.42. The van der Waals surface area contributed by atoms with E-state index in [0.717, 1.165) is 40.6 Å². The fourth-order valence-corrected chi connectivity index (χ4v) is 6.20. The van der Waals surface area contributed by atoms with Gasteiger partial charge < -0.3 is 10.2 Å². The molecule has 2 atom stereocenters. The van der Waals surface area contributed by atoms with Crippen molar-refractivity contribution in [3.05, 3.63) is 75.1 Å². The summed E-state index contributed by atoms with van der Waals surface area (Å²) in [5, 5.41) is 3.36. The normalized spacial score (nSPS) is 22.3. The number of amides is 2. The number of carbonyl (C=O) groups is 2. The Kier molecular flexibility index (Phi) is 7.51. The number of nitrogens with zero attached hydrogens (tertiary/aromatic N) is 1. The van der Waals surface area contributed by atoms with Crippen molar-refractivity contribution >= 4 is 45.6 Å². The largest absolute Gasteiger partial charge is 0.354 e. The summed E-state index contributed by atoms with van der Waals surface area (Å²) in [7, 11) is 0. The quantitative estimate of drug-likeness (QED) is 0.567. The monoisotopic (exact) mass is 498 g/mol. The van der Waals surface area contributed by atoms with Crippen LogP contribution in [0.1, 0.15) is 36.8 Å². The molecule has 2 aliphatic rings. The summed E-state index contributed by atoms with van der Waals surface area (Å²) in [4.78, 5) is 28.6. The average molecular weight is 499 g/mol. The number of nitrogens with one attached hydrogen (secondary N) is 1. The van der Waals surface area contributed by atoms with Crippen LogP contribution in [-0.2, 0) is 16.0 Å². The number of benzene rings is 2. The van der Waals surface area contributed by atoms with Gasteiger partial charge in [0.15, 0.2) is 0 Å². The van der Waals surface area contributed by atoms with Crippen LogP contribution in [0.5, 0.6) is 0 Å². The molecule has 162 valence electrons. The molecule has 1 saturated heterocycles. The Morgan fingerprint density at radius 1 is 1.13 bits per heavy atom. The van der Waals surface area contributed by atoms with Crippen molar-refractivity contribution in [2.45, 2.75) is 43.4 Å². The molecule has 2 aromatic rings. The fourth-order valence-electron chi connectivity index (χ4n) is 4.31. The van der Waals surface area contributed by atoms with Crippen molar-refractivity contribution < 1.29 is 9.59 Å². The van der Waals surface area contributed by atoms with Crippen molar-refractivity contribution in [2.24, 2.45) is 0 Å². The van der Waals surface area contributed by atoms with Crippen LogP contribution >= 0.6 is 27.7 Å². The van der Waals surface area contributed by atoms with Gasteiger partial charge >= 0.3 is 0 Å². The number of rotatable bonds is 6. The van der Waals surface area contributed by atoms with E-state index in [0.29, 0.717) is 11.8 Å².